The fourth-order valence-electron chi connectivity index (χ4n) is 2.73. The third kappa shape index (κ3) is 4.34. The van der Waals surface area contributed by atoms with Crippen LogP contribution in [-0.4, -0.2) is 25.0 Å². The minimum absolute atomic E-state index is 0.373. The van der Waals surface area contributed by atoms with E-state index in [1.807, 2.05) is 24.3 Å². The number of benzene rings is 2. The number of nitrogens with zero attached hydrogens (tertiary/aromatic N) is 2. The Kier molecular flexibility index (Phi) is 6.00. The van der Waals surface area contributed by atoms with E-state index in [4.69, 9.17) is 10.5 Å². The number of rotatable bonds is 7. The second-order valence-electron chi connectivity index (χ2n) is 6.12. The monoisotopic (exact) mass is 373 g/mol. The largest absolute Gasteiger partial charge is 0.494 e. The van der Waals surface area contributed by atoms with Crippen molar-refractivity contribution >= 4 is 29.2 Å². The van der Waals surface area contributed by atoms with Gasteiger partial charge in [-0.1, -0.05) is 24.3 Å². The van der Waals surface area contributed by atoms with Gasteiger partial charge in [0.2, 0.25) is 0 Å². The van der Waals surface area contributed by atoms with Gasteiger partial charge in [-0.25, -0.2) is 4.90 Å². The predicted molar refractivity (Wildman–Crippen MR) is 107 cm³/mol. The number of imide groups is 1. The quantitative estimate of drug-likeness (QED) is 0.348. The summed E-state index contributed by atoms with van der Waals surface area (Å²) in [5.41, 5.74) is 7.95. The summed E-state index contributed by atoms with van der Waals surface area (Å²) >= 11 is 0. The molecule has 140 valence electrons. The highest BCUT2D eigenvalue weighted by molar-refractivity contribution is 6.28. The molecule has 6 heteroatoms. The molecule has 0 saturated carbocycles. The molecule has 0 bridgehead atoms. The highest BCUT2D eigenvalue weighted by Gasteiger charge is 2.24. The molecule has 1 aliphatic rings. The van der Waals surface area contributed by atoms with Crippen molar-refractivity contribution in [2.45, 2.75) is 6.42 Å². The highest BCUT2D eigenvalue weighted by atomic mass is 16.5. The number of nitrogens with two attached hydrogens (primary N) is 1. The Morgan fingerprint density at radius 2 is 1.68 bits per heavy atom. The zero-order chi connectivity index (χ0) is 19.9. The number of carbonyl (C=O) groups excluding carboxylic acids is 2. The van der Waals surface area contributed by atoms with Crippen LogP contribution in [0.25, 0.3) is 11.6 Å². The standard InChI is InChI=1S/C22H19N3O3/c23-12-1-13-28-20-8-2-16(3-9-20)14-18(15-24)17-4-6-19(7-5-17)25-21(26)10-11-22(25)27/h2-11,14H,1,12-13,23H2/b18-14+. The van der Waals surface area contributed by atoms with Crippen LogP contribution in [-0.2, 0) is 9.59 Å². The summed E-state index contributed by atoms with van der Waals surface area (Å²) in [6, 6.07) is 16.4. The van der Waals surface area contributed by atoms with Crippen LogP contribution in [0.1, 0.15) is 17.5 Å². The highest BCUT2D eigenvalue weighted by Crippen LogP contribution is 2.24. The van der Waals surface area contributed by atoms with E-state index >= 15 is 0 Å². The molecule has 3 rings (SSSR count). The van der Waals surface area contributed by atoms with E-state index in [-0.39, 0.29) is 11.8 Å². The second-order valence-corrected chi connectivity index (χ2v) is 6.12. The summed E-state index contributed by atoms with van der Waals surface area (Å²) < 4.78 is 5.57. The summed E-state index contributed by atoms with van der Waals surface area (Å²) in [4.78, 5) is 24.6. The number of carbonyl (C=O) groups is 2. The first-order chi connectivity index (χ1) is 13.6. The minimum atomic E-state index is -0.373. The number of hydrogen-bond donors (Lipinski definition) is 1. The van der Waals surface area contributed by atoms with Gasteiger partial charge >= 0.3 is 0 Å². The van der Waals surface area contributed by atoms with E-state index in [0.717, 1.165) is 22.6 Å². The van der Waals surface area contributed by atoms with Crippen molar-refractivity contribution in [2.75, 3.05) is 18.1 Å². The Hall–Kier alpha value is -3.69. The van der Waals surface area contributed by atoms with Crippen LogP contribution < -0.4 is 15.4 Å². The average molecular weight is 373 g/mol. The number of nitriles is 1. The lowest BCUT2D eigenvalue weighted by Crippen LogP contribution is -2.29. The number of amides is 2. The Balaban J connectivity index is 1.75. The molecule has 2 aromatic carbocycles. The van der Waals surface area contributed by atoms with Gasteiger partial charge in [0.05, 0.1) is 23.9 Å². The zero-order valence-electron chi connectivity index (χ0n) is 15.2. The van der Waals surface area contributed by atoms with Crippen molar-refractivity contribution in [3.05, 3.63) is 71.8 Å². The first-order valence-corrected chi connectivity index (χ1v) is 8.83. The van der Waals surface area contributed by atoms with Crippen LogP contribution in [0.15, 0.2) is 60.7 Å². The summed E-state index contributed by atoms with van der Waals surface area (Å²) in [6.45, 7) is 1.15. The lowest BCUT2D eigenvalue weighted by Gasteiger charge is -2.14. The van der Waals surface area contributed by atoms with Gasteiger partial charge in [-0.05, 0) is 54.4 Å². The van der Waals surface area contributed by atoms with Gasteiger partial charge < -0.3 is 10.5 Å². The molecule has 6 nitrogen and oxygen atoms in total. The van der Waals surface area contributed by atoms with Gasteiger partial charge in [0.1, 0.15) is 5.75 Å². The fourth-order valence-corrected chi connectivity index (χ4v) is 2.73. The van der Waals surface area contributed by atoms with Gasteiger partial charge in [-0.3, -0.25) is 9.59 Å². The first kappa shape index (κ1) is 19.1. The van der Waals surface area contributed by atoms with E-state index in [2.05, 4.69) is 6.07 Å². The van der Waals surface area contributed by atoms with Crippen LogP contribution in [0.3, 0.4) is 0 Å². The molecule has 0 radical (unpaired) electrons. The smallest absolute Gasteiger partial charge is 0.258 e. The van der Waals surface area contributed by atoms with Crippen molar-refractivity contribution < 1.29 is 14.3 Å². The molecule has 0 spiro atoms. The zero-order valence-corrected chi connectivity index (χ0v) is 15.2. The molecule has 0 aromatic heterocycles. The topological polar surface area (TPSA) is 96.4 Å². The van der Waals surface area contributed by atoms with E-state index in [9.17, 15) is 14.9 Å². The van der Waals surface area contributed by atoms with Gasteiger partial charge in [-0.2, -0.15) is 5.26 Å². The molecule has 2 N–H and O–H groups in total. The predicted octanol–water partition coefficient (Wildman–Crippen LogP) is 2.91. The van der Waals surface area contributed by atoms with Crippen molar-refractivity contribution in [1.29, 1.82) is 5.26 Å². The van der Waals surface area contributed by atoms with E-state index in [1.165, 1.54) is 12.2 Å². The third-order valence-electron chi connectivity index (χ3n) is 4.17. The van der Waals surface area contributed by atoms with Gasteiger partial charge in [-0.15, -0.1) is 0 Å². The van der Waals surface area contributed by atoms with E-state index < -0.39 is 0 Å². The SMILES string of the molecule is N#C/C(=C\c1ccc(OCCCN)cc1)c1ccc(N2C(=O)C=CC2=O)cc1. The maximum atomic E-state index is 11.7. The van der Waals surface area contributed by atoms with Crippen molar-refractivity contribution in [2.24, 2.45) is 5.73 Å². The van der Waals surface area contributed by atoms with Crippen LogP contribution in [0.2, 0.25) is 0 Å². The number of anilines is 1. The summed E-state index contributed by atoms with van der Waals surface area (Å²) in [6.07, 6.45) is 5.04. The van der Waals surface area contributed by atoms with E-state index in [1.54, 1.807) is 30.3 Å². The Morgan fingerprint density at radius 1 is 1.04 bits per heavy atom. The molecular weight excluding hydrogens is 354 g/mol. The average Bonchev–Trinajstić information content (AvgIpc) is 3.06. The summed E-state index contributed by atoms with van der Waals surface area (Å²) in [5, 5.41) is 9.52. The molecular formula is C22H19N3O3. The molecule has 0 aliphatic carbocycles. The fraction of sp³-hybridized carbons (Fsp3) is 0.136. The number of ether oxygens (including phenoxy) is 1. The van der Waals surface area contributed by atoms with E-state index in [0.29, 0.717) is 30.0 Å². The van der Waals surface area contributed by atoms with Gasteiger partial charge in [0.15, 0.2) is 0 Å². The maximum Gasteiger partial charge on any atom is 0.258 e. The lowest BCUT2D eigenvalue weighted by atomic mass is 10.0. The molecule has 2 amide bonds. The Morgan fingerprint density at radius 3 is 2.25 bits per heavy atom. The molecule has 0 saturated heterocycles. The number of allylic oxidation sites excluding steroid dienone is 1. The maximum absolute atomic E-state index is 11.7. The summed E-state index contributed by atoms with van der Waals surface area (Å²) in [5.74, 6) is 0.00663. The molecule has 2 aromatic rings. The summed E-state index contributed by atoms with van der Waals surface area (Å²) in [7, 11) is 0. The lowest BCUT2D eigenvalue weighted by molar-refractivity contribution is -0.119. The molecule has 0 fully saturated rings. The molecule has 1 heterocycles. The second kappa shape index (κ2) is 8.80. The number of hydrogen-bond acceptors (Lipinski definition) is 5. The van der Waals surface area contributed by atoms with Crippen molar-refractivity contribution in [3.63, 3.8) is 0 Å². The Labute approximate surface area is 163 Å². The molecule has 0 unspecified atom stereocenters. The minimum Gasteiger partial charge on any atom is -0.494 e. The first-order valence-electron chi connectivity index (χ1n) is 8.83. The molecule has 28 heavy (non-hydrogen) atoms. The Bertz CT molecular complexity index is 950. The molecule has 1 aliphatic heterocycles. The van der Waals surface area contributed by atoms with Gasteiger partial charge in [0, 0.05) is 12.2 Å². The van der Waals surface area contributed by atoms with Crippen LogP contribution in [0.4, 0.5) is 5.69 Å². The van der Waals surface area contributed by atoms with Crippen molar-refractivity contribution in [3.8, 4) is 11.8 Å². The normalized spacial score (nSPS) is 13.7. The van der Waals surface area contributed by atoms with Gasteiger partial charge in [0.25, 0.3) is 11.8 Å². The van der Waals surface area contributed by atoms with Crippen LogP contribution in [0, 0.1) is 11.3 Å². The third-order valence-corrected chi connectivity index (χ3v) is 4.17. The van der Waals surface area contributed by atoms with Crippen molar-refractivity contribution in [1.82, 2.24) is 0 Å². The van der Waals surface area contributed by atoms with Crippen LogP contribution >= 0.6 is 0 Å². The van der Waals surface area contributed by atoms with Crippen LogP contribution in [0.5, 0.6) is 5.75 Å². The molecule has 0 atom stereocenters.